The standard InChI is InChI=1S/C13H20ClN7/c1-3-20(4-2)8-5-6-16-12-17-11(14)18-13(19-12)21-9-7-15-10-21/h7,9-10H,3-6,8H2,1-2H3,(H,16,17,18,19). The molecular formula is C13H20ClN7. The molecule has 114 valence electrons. The van der Waals surface area contributed by atoms with E-state index in [0.717, 1.165) is 32.6 Å². The van der Waals surface area contributed by atoms with Crippen LogP contribution in [0.3, 0.4) is 0 Å². The van der Waals surface area contributed by atoms with Gasteiger partial charge in [0.2, 0.25) is 17.2 Å². The van der Waals surface area contributed by atoms with E-state index in [0.29, 0.717) is 11.9 Å². The number of hydrogen-bond acceptors (Lipinski definition) is 6. The molecule has 0 unspecified atom stereocenters. The van der Waals surface area contributed by atoms with Gasteiger partial charge in [-0.25, -0.2) is 4.98 Å². The predicted octanol–water partition coefficient (Wildman–Crippen LogP) is 1.85. The molecule has 0 atom stereocenters. The lowest BCUT2D eigenvalue weighted by Crippen LogP contribution is -2.25. The Bertz CT molecular complexity index is 539. The summed E-state index contributed by atoms with van der Waals surface area (Å²) in [6.45, 7) is 8.31. The van der Waals surface area contributed by atoms with Crippen molar-refractivity contribution >= 4 is 17.5 Å². The lowest BCUT2D eigenvalue weighted by molar-refractivity contribution is 0.303. The molecule has 8 heteroatoms. The molecule has 2 aromatic rings. The molecule has 2 heterocycles. The van der Waals surface area contributed by atoms with Crippen molar-refractivity contribution in [2.75, 3.05) is 31.5 Å². The van der Waals surface area contributed by atoms with Gasteiger partial charge in [0, 0.05) is 18.9 Å². The van der Waals surface area contributed by atoms with Crippen molar-refractivity contribution in [1.29, 1.82) is 0 Å². The lowest BCUT2D eigenvalue weighted by Gasteiger charge is -2.17. The second kappa shape index (κ2) is 7.90. The number of nitrogens with zero attached hydrogens (tertiary/aromatic N) is 6. The van der Waals surface area contributed by atoms with E-state index in [1.165, 1.54) is 0 Å². The average Bonchev–Trinajstić information content (AvgIpc) is 3.01. The smallest absolute Gasteiger partial charge is 0.241 e. The zero-order valence-electron chi connectivity index (χ0n) is 12.3. The van der Waals surface area contributed by atoms with Crippen LogP contribution in [0, 0.1) is 0 Å². The Morgan fingerprint density at radius 2 is 2.05 bits per heavy atom. The SMILES string of the molecule is CCN(CC)CCCNc1nc(Cl)nc(-n2ccnc2)n1. The van der Waals surface area contributed by atoms with Crippen LogP contribution in [0.1, 0.15) is 20.3 Å². The van der Waals surface area contributed by atoms with Gasteiger partial charge in [0.1, 0.15) is 6.33 Å². The fourth-order valence-electron chi connectivity index (χ4n) is 1.95. The zero-order chi connectivity index (χ0) is 15.1. The third-order valence-corrected chi connectivity index (χ3v) is 3.33. The molecule has 2 aromatic heterocycles. The largest absolute Gasteiger partial charge is 0.354 e. The maximum absolute atomic E-state index is 5.93. The Kier molecular flexibility index (Phi) is 5.89. The minimum absolute atomic E-state index is 0.167. The highest BCUT2D eigenvalue weighted by Crippen LogP contribution is 2.09. The zero-order valence-corrected chi connectivity index (χ0v) is 13.1. The number of imidazole rings is 1. The summed E-state index contributed by atoms with van der Waals surface area (Å²) in [6, 6.07) is 0. The van der Waals surface area contributed by atoms with Crippen molar-refractivity contribution < 1.29 is 0 Å². The summed E-state index contributed by atoms with van der Waals surface area (Å²) in [4.78, 5) is 18.8. The first-order chi connectivity index (χ1) is 10.2. The van der Waals surface area contributed by atoms with Gasteiger partial charge in [0.05, 0.1) is 0 Å². The molecule has 0 aliphatic rings. The van der Waals surface area contributed by atoms with Crippen molar-refractivity contribution in [1.82, 2.24) is 29.4 Å². The molecule has 1 N–H and O–H groups in total. The molecule has 0 saturated carbocycles. The number of aromatic nitrogens is 5. The maximum Gasteiger partial charge on any atom is 0.241 e. The first-order valence-electron chi connectivity index (χ1n) is 7.09. The van der Waals surface area contributed by atoms with Crippen LogP contribution in [0.2, 0.25) is 5.28 Å². The number of halogens is 1. The Labute approximate surface area is 129 Å². The van der Waals surface area contributed by atoms with Crippen molar-refractivity contribution in [3.63, 3.8) is 0 Å². The first-order valence-corrected chi connectivity index (χ1v) is 7.46. The second-order valence-corrected chi connectivity index (χ2v) is 4.84. The van der Waals surface area contributed by atoms with Crippen molar-refractivity contribution in [2.24, 2.45) is 0 Å². The highest BCUT2D eigenvalue weighted by Gasteiger charge is 2.06. The van der Waals surface area contributed by atoms with Crippen molar-refractivity contribution in [3.05, 3.63) is 24.0 Å². The summed E-state index contributed by atoms with van der Waals surface area (Å²) in [6.07, 6.45) is 6.06. The molecule has 0 aliphatic carbocycles. The van der Waals surface area contributed by atoms with Crippen LogP contribution in [-0.2, 0) is 0 Å². The molecule has 7 nitrogen and oxygen atoms in total. The van der Waals surface area contributed by atoms with Gasteiger partial charge in [-0.05, 0) is 37.7 Å². The molecule has 0 spiro atoms. The summed E-state index contributed by atoms with van der Waals surface area (Å²) in [5, 5.41) is 3.35. The summed E-state index contributed by atoms with van der Waals surface area (Å²) in [5.41, 5.74) is 0. The highest BCUT2D eigenvalue weighted by atomic mass is 35.5. The van der Waals surface area contributed by atoms with E-state index in [-0.39, 0.29) is 5.28 Å². The average molecular weight is 310 g/mol. The Morgan fingerprint density at radius 3 is 2.71 bits per heavy atom. The van der Waals surface area contributed by atoms with Gasteiger partial charge in [0.25, 0.3) is 0 Å². The normalized spacial score (nSPS) is 11.0. The Morgan fingerprint density at radius 1 is 1.24 bits per heavy atom. The van der Waals surface area contributed by atoms with Crippen LogP contribution in [0.15, 0.2) is 18.7 Å². The van der Waals surface area contributed by atoms with E-state index < -0.39 is 0 Å². The van der Waals surface area contributed by atoms with Crippen LogP contribution >= 0.6 is 11.6 Å². The third-order valence-electron chi connectivity index (χ3n) is 3.16. The van der Waals surface area contributed by atoms with Gasteiger partial charge in [0.15, 0.2) is 0 Å². The first kappa shape index (κ1) is 15.7. The van der Waals surface area contributed by atoms with Gasteiger partial charge in [-0.1, -0.05) is 13.8 Å². The number of rotatable bonds is 8. The molecule has 0 radical (unpaired) electrons. The molecule has 0 fully saturated rings. The van der Waals surface area contributed by atoms with E-state index in [9.17, 15) is 0 Å². The third kappa shape index (κ3) is 4.64. The van der Waals surface area contributed by atoms with Gasteiger partial charge in [-0.15, -0.1) is 0 Å². The molecule has 21 heavy (non-hydrogen) atoms. The summed E-state index contributed by atoms with van der Waals surface area (Å²) in [5.74, 6) is 0.942. The molecule has 0 aliphatic heterocycles. The number of anilines is 1. The summed E-state index contributed by atoms with van der Waals surface area (Å²) < 4.78 is 1.69. The summed E-state index contributed by atoms with van der Waals surface area (Å²) >= 11 is 5.93. The van der Waals surface area contributed by atoms with Gasteiger partial charge >= 0.3 is 0 Å². The molecule has 0 aromatic carbocycles. The van der Waals surface area contributed by atoms with Crippen molar-refractivity contribution in [2.45, 2.75) is 20.3 Å². The molecule has 2 rings (SSSR count). The summed E-state index contributed by atoms with van der Waals surface area (Å²) in [7, 11) is 0. The van der Waals surface area contributed by atoms with Gasteiger partial charge in [-0.2, -0.15) is 15.0 Å². The maximum atomic E-state index is 5.93. The van der Waals surface area contributed by atoms with Gasteiger partial charge in [-0.3, -0.25) is 4.57 Å². The van der Waals surface area contributed by atoms with Crippen molar-refractivity contribution in [3.8, 4) is 5.95 Å². The topological polar surface area (TPSA) is 71.8 Å². The molecule has 0 saturated heterocycles. The van der Waals surface area contributed by atoms with Crippen LogP contribution < -0.4 is 5.32 Å². The Balaban J connectivity index is 1.92. The Hall–Kier alpha value is -1.73. The monoisotopic (exact) mass is 309 g/mol. The van der Waals surface area contributed by atoms with Crippen LogP contribution in [0.4, 0.5) is 5.95 Å². The van der Waals surface area contributed by atoms with Crippen LogP contribution in [0.25, 0.3) is 5.95 Å². The fraction of sp³-hybridized carbons (Fsp3) is 0.538. The highest BCUT2D eigenvalue weighted by molar-refractivity contribution is 6.28. The molecule has 0 amide bonds. The van der Waals surface area contributed by atoms with E-state index in [4.69, 9.17) is 11.6 Å². The van der Waals surface area contributed by atoms with Crippen LogP contribution in [-0.4, -0.2) is 55.6 Å². The van der Waals surface area contributed by atoms with Gasteiger partial charge < -0.3 is 10.2 Å². The minimum atomic E-state index is 0.167. The second-order valence-electron chi connectivity index (χ2n) is 4.51. The van der Waals surface area contributed by atoms with E-state index in [2.05, 4.69) is 44.0 Å². The molecular weight excluding hydrogens is 290 g/mol. The fourth-order valence-corrected chi connectivity index (χ4v) is 2.11. The van der Waals surface area contributed by atoms with E-state index >= 15 is 0 Å². The predicted molar refractivity (Wildman–Crippen MR) is 82.9 cm³/mol. The lowest BCUT2D eigenvalue weighted by atomic mass is 10.3. The minimum Gasteiger partial charge on any atom is -0.354 e. The number of hydrogen-bond donors (Lipinski definition) is 1. The van der Waals surface area contributed by atoms with E-state index in [1.807, 2.05) is 0 Å². The van der Waals surface area contributed by atoms with E-state index in [1.54, 1.807) is 23.3 Å². The van der Waals surface area contributed by atoms with Crippen LogP contribution in [0.5, 0.6) is 0 Å². The number of nitrogens with one attached hydrogen (secondary N) is 1. The quantitative estimate of drug-likeness (QED) is 0.750. The molecule has 0 bridgehead atoms.